The fraction of sp³-hybridized carbons (Fsp3) is 0. The van der Waals surface area contributed by atoms with Crippen molar-refractivity contribution < 1.29 is 4.79 Å². The van der Waals surface area contributed by atoms with Gasteiger partial charge >= 0.3 is 0 Å². The largest absolute Gasteiger partial charge is 0.289 e. The summed E-state index contributed by atoms with van der Waals surface area (Å²) < 4.78 is 0. The summed E-state index contributed by atoms with van der Waals surface area (Å²) >= 11 is 10.4. The molecule has 2 rings (SSSR count). The molecule has 0 bridgehead atoms. The summed E-state index contributed by atoms with van der Waals surface area (Å²) in [6.07, 6.45) is 0. The molecule has 0 heterocycles. The molecular weight excluding hydrogens is 266 g/mol. The van der Waals surface area contributed by atoms with Crippen LogP contribution < -0.4 is 0 Å². The molecule has 0 aliphatic carbocycles. The van der Waals surface area contributed by atoms with Crippen LogP contribution in [-0.4, -0.2) is 10.9 Å². The number of carbonyl (C=O) groups excluding carboxylic acids is 1. The molecule has 0 atom stereocenters. The van der Waals surface area contributed by atoms with Gasteiger partial charge in [0, 0.05) is 16.1 Å². The van der Waals surface area contributed by atoms with Gasteiger partial charge in [-0.05, 0) is 48.6 Å². The van der Waals surface area contributed by atoms with E-state index >= 15 is 0 Å². The van der Waals surface area contributed by atoms with Crippen LogP contribution in [0.25, 0.3) is 0 Å². The number of thiocarbonyl (C=S) groups is 1. The summed E-state index contributed by atoms with van der Waals surface area (Å²) in [4.78, 5) is 16.2. The predicted octanol–water partition coefficient (Wildman–Crippen LogP) is 4.31. The van der Waals surface area contributed by atoms with Crippen LogP contribution in [0.1, 0.15) is 15.9 Å². The molecule has 4 heteroatoms. The van der Waals surface area contributed by atoms with Gasteiger partial charge in [0.05, 0.1) is 10.8 Å². The Kier molecular flexibility index (Phi) is 4.00. The molecule has 0 fully saturated rings. The van der Waals surface area contributed by atoms with Gasteiger partial charge in [0.25, 0.3) is 0 Å². The summed E-state index contributed by atoms with van der Waals surface area (Å²) in [6, 6.07) is 13.7. The van der Waals surface area contributed by atoms with Gasteiger partial charge in [0.1, 0.15) is 0 Å². The molecule has 0 spiro atoms. The lowest BCUT2D eigenvalue weighted by atomic mass is 10.0. The number of para-hydroxylation sites is 1. The van der Waals surface area contributed by atoms with E-state index in [0.29, 0.717) is 21.8 Å². The van der Waals surface area contributed by atoms with Gasteiger partial charge in [0.15, 0.2) is 5.78 Å². The van der Waals surface area contributed by atoms with Gasteiger partial charge in [-0.15, -0.1) is 0 Å². The maximum atomic E-state index is 12.3. The lowest BCUT2D eigenvalue weighted by Gasteiger charge is -2.03. The van der Waals surface area contributed by atoms with E-state index in [4.69, 9.17) is 11.6 Å². The maximum Gasteiger partial charge on any atom is 0.195 e. The standard InChI is InChI=1S/C14H8ClNOS/c15-11-7-5-10(6-8-11)14(17)12-3-1-2-4-13(12)16-9-18/h1-8H. The van der Waals surface area contributed by atoms with E-state index < -0.39 is 0 Å². The molecule has 88 valence electrons. The zero-order chi connectivity index (χ0) is 13.0. The quantitative estimate of drug-likeness (QED) is 0.474. The molecule has 0 radical (unpaired) electrons. The molecule has 2 nitrogen and oxygen atoms in total. The highest BCUT2D eigenvalue weighted by atomic mass is 35.5. The van der Waals surface area contributed by atoms with Gasteiger partial charge in [-0.1, -0.05) is 23.7 Å². The van der Waals surface area contributed by atoms with Crippen molar-refractivity contribution in [2.45, 2.75) is 0 Å². The minimum Gasteiger partial charge on any atom is -0.289 e. The van der Waals surface area contributed by atoms with Crippen LogP contribution >= 0.6 is 23.8 Å². The van der Waals surface area contributed by atoms with E-state index in [9.17, 15) is 4.79 Å². The normalized spacial score (nSPS) is 9.61. The zero-order valence-corrected chi connectivity index (χ0v) is 10.8. The second-order valence-corrected chi connectivity index (χ2v) is 4.18. The second kappa shape index (κ2) is 5.69. The van der Waals surface area contributed by atoms with Crippen LogP contribution in [0.4, 0.5) is 5.69 Å². The highest BCUT2D eigenvalue weighted by Crippen LogP contribution is 2.22. The predicted molar refractivity (Wildman–Crippen MR) is 76.0 cm³/mol. The van der Waals surface area contributed by atoms with Crippen molar-refractivity contribution in [3.05, 3.63) is 64.7 Å². The molecular formula is C14H8ClNOS. The average molecular weight is 274 g/mol. The highest BCUT2D eigenvalue weighted by Gasteiger charge is 2.12. The summed E-state index contributed by atoms with van der Waals surface area (Å²) in [5.74, 6) is -0.115. The number of benzene rings is 2. The Hall–Kier alpha value is -1.80. The van der Waals surface area contributed by atoms with E-state index in [0.717, 1.165) is 0 Å². The smallest absolute Gasteiger partial charge is 0.195 e. The molecule has 0 N–H and O–H groups in total. The number of carbonyl (C=O) groups is 1. The minimum atomic E-state index is -0.115. The Morgan fingerprint density at radius 2 is 1.78 bits per heavy atom. The highest BCUT2D eigenvalue weighted by molar-refractivity contribution is 7.78. The molecule has 0 unspecified atom stereocenters. The fourth-order valence-electron chi connectivity index (χ4n) is 1.57. The Morgan fingerprint density at radius 1 is 1.11 bits per heavy atom. The van der Waals surface area contributed by atoms with Crippen molar-refractivity contribution in [1.29, 1.82) is 0 Å². The number of halogens is 1. The average Bonchev–Trinajstić information content (AvgIpc) is 2.40. The first kappa shape index (κ1) is 12.7. The molecule has 18 heavy (non-hydrogen) atoms. The van der Waals surface area contributed by atoms with Crippen LogP contribution in [0, 0.1) is 0 Å². The van der Waals surface area contributed by atoms with Crippen molar-refractivity contribution in [3.8, 4) is 0 Å². The van der Waals surface area contributed by atoms with Crippen molar-refractivity contribution in [1.82, 2.24) is 0 Å². The SMILES string of the molecule is O=C(c1ccc(Cl)cc1)c1ccccc1N=C=S. The summed E-state index contributed by atoms with van der Waals surface area (Å²) in [6.45, 7) is 0. The molecule has 0 saturated heterocycles. The van der Waals surface area contributed by atoms with E-state index in [1.54, 1.807) is 48.5 Å². The summed E-state index contributed by atoms with van der Waals surface area (Å²) in [7, 11) is 0. The molecule has 2 aromatic carbocycles. The molecule has 0 aromatic heterocycles. The molecule has 0 amide bonds. The van der Waals surface area contributed by atoms with E-state index in [2.05, 4.69) is 22.4 Å². The Balaban J connectivity index is 2.46. The van der Waals surface area contributed by atoms with E-state index in [1.807, 2.05) is 0 Å². The van der Waals surface area contributed by atoms with Crippen molar-refractivity contribution in [2.75, 3.05) is 0 Å². The molecule has 2 aromatic rings. The number of rotatable bonds is 3. The van der Waals surface area contributed by atoms with Gasteiger partial charge < -0.3 is 0 Å². The third kappa shape index (κ3) is 2.71. The summed E-state index contributed by atoms with van der Waals surface area (Å²) in [5.41, 5.74) is 1.58. The van der Waals surface area contributed by atoms with E-state index in [1.165, 1.54) is 0 Å². The van der Waals surface area contributed by atoms with Crippen molar-refractivity contribution >= 4 is 40.5 Å². The van der Waals surface area contributed by atoms with Gasteiger partial charge in [-0.2, -0.15) is 4.99 Å². The van der Waals surface area contributed by atoms with Crippen LogP contribution in [0.2, 0.25) is 5.02 Å². The first-order chi connectivity index (χ1) is 8.72. The number of hydrogen-bond acceptors (Lipinski definition) is 3. The molecule has 0 aliphatic rings. The first-order valence-corrected chi connectivity index (χ1v) is 5.98. The van der Waals surface area contributed by atoms with E-state index in [-0.39, 0.29) is 5.78 Å². The Labute approximate surface area is 115 Å². The van der Waals surface area contributed by atoms with Crippen LogP contribution in [0.3, 0.4) is 0 Å². The lowest BCUT2D eigenvalue weighted by Crippen LogP contribution is -2.01. The number of hydrogen-bond donors (Lipinski definition) is 0. The maximum absolute atomic E-state index is 12.3. The number of aliphatic imine (C=N–C) groups is 1. The van der Waals surface area contributed by atoms with Gasteiger partial charge in [-0.25, -0.2) is 0 Å². The Bertz CT molecular complexity index is 630. The third-order valence-electron chi connectivity index (χ3n) is 2.42. The van der Waals surface area contributed by atoms with Crippen LogP contribution in [0.5, 0.6) is 0 Å². The first-order valence-electron chi connectivity index (χ1n) is 5.19. The Morgan fingerprint density at radius 3 is 2.44 bits per heavy atom. The van der Waals surface area contributed by atoms with Crippen LogP contribution in [0.15, 0.2) is 53.5 Å². The third-order valence-corrected chi connectivity index (χ3v) is 2.76. The number of isothiocyanates is 1. The van der Waals surface area contributed by atoms with Crippen molar-refractivity contribution in [3.63, 3.8) is 0 Å². The van der Waals surface area contributed by atoms with Crippen molar-refractivity contribution in [2.24, 2.45) is 4.99 Å². The molecule has 0 saturated carbocycles. The fourth-order valence-corrected chi connectivity index (χ4v) is 1.79. The topological polar surface area (TPSA) is 29.4 Å². The summed E-state index contributed by atoms with van der Waals surface area (Å²) in [5, 5.41) is 2.87. The minimum absolute atomic E-state index is 0.115. The second-order valence-electron chi connectivity index (χ2n) is 3.56. The van der Waals surface area contributed by atoms with Gasteiger partial charge in [-0.3, -0.25) is 4.79 Å². The molecule has 0 aliphatic heterocycles. The van der Waals surface area contributed by atoms with Crippen LogP contribution in [-0.2, 0) is 0 Å². The monoisotopic (exact) mass is 273 g/mol. The zero-order valence-electron chi connectivity index (χ0n) is 9.26. The number of ketones is 1. The number of nitrogens with zero attached hydrogens (tertiary/aromatic N) is 1. The van der Waals surface area contributed by atoms with Gasteiger partial charge in [0.2, 0.25) is 0 Å². The lowest BCUT2D eigenvalue weighted by molar-refractivity contribution is 0.103.